The van der Waals surface area contributed by atoms with Gasteiger partial charge in [0.15, 0.2) is 5.60 Å². The molecule has 57 heavy (non-hydrogen) atoms. The smallest absolute Gasteiger partial charge is 0.264 e. The number of allylic oxidation sites excluding steroid dienone is 3. The Morgan fingerprint density at radius 1 is 0.965 bits per heavy atom. The summed E-state index contributed by atoms with van der Waals surface area (Å²) in [5, 5.41) is 12.2. The third-order valence-electron chi connectivity index (χ3n) is 12.7. The molecular formula is C47H52FN3O5Si. The SMILES string of the molecule is CC(C)=CCC/C(C)=C/CN1C(=O)[C@@]2(O[C@@H](CC(=O)N3Cc4ccccc4C[C@H]3CO)[C@H]([Si](C)(C)F)[C@H]2C)c2cc(N3C(=O)c4cccc5cccc3c45)ccc21. The van der Waals surface area contributed by atoms with Crippen molar-refractivity contribution < 1.29 is 28.3 Å². The van der Waals surface area contributed by atoms with Gasteiger partial charge in [-0.15, -0.1) is 0 Å². The molecule has 1 spiro atoms. The van der Waals surface area contributed by atoms with E-state index in [9.17, 15) is 14.7 Å². The molecule has 296 valence electrons. The molecule has 0 unspecified atom stereocenters. The number of carbonyl (C=O) groups excluding carboxylic acids is 3. The minimum Gasteiger partial charge on any atom is -0.394 e. The first kappa shape index (κ1) is 38.9. The molecule has 3 amide bonds. The highest BCUT2D eigenvalue weighted by Crippen LogP contribution is 2.61. The average Bonchev–Trinajstić information content (AvgIpc) is 3.73. The van der Waals surface area contributed by atoms with Gasteiger partial charge in [-0.2, -0.15) is 0 Å². The molecule has 4 aromatic carbocycles. The zero-order valence-electron chi connectivity index (χ0n) is 33.7. The van der Waals surface area contributed by atoms with Gasteiger partial charge in [0.1, 0.15) is 0 Å². The Bertz CT molecular complexity index is 2340. The lowest BCUT2D eigenvalue weighted by atomic mass is 9.82. The summed E-state index contributed by atoms with van der Waals surface area (Å²) in [5.74, 6) is -1.30. The first-order chi connectivity index (χ1) is 27.2. The van der Waals surface area contributed by atoms with E-state index in [1.165, 1.54) is 5.57 Å². The summed E-state index contributed by atoms with van der Waals surface area (Å²) in [6, 6.07) is 24.7. The van der Waals surface area contributed by atoms with Gasteiger partial charge in [0.2, 0.25) is 14.3 Å². The second kappa shape index (κ2) is 14.8. The van der Waals surface area contributed by atoms with Gasteiger partial charge in [-0.1, -0.05) is 78.8 Å². The van der Waals surface area contributed by atoms with Crippen molar-refractivity contribution >= 4 is 54.0 Å². The molecule has 0 saturated carbocycles. The van der Waals surface area contributed by atoms with Crippen molar-refractivity contribution in [1.82, 2.24) is 4.90 Å². The van der Waals surface area contributed by atoms with E-state index >= 15 is 8.90 Å². The molecule has 1 saturated heterocycles. The number of aliphatic hydroxyl groups is 1. The Morgan fingerprint density at radius 2 is 1.70 bits per heavy atom. The van der Waals surface area contributed by atoms with E-state index in [0.29, 0.717) is 42.0 Å². The van der Waals surface area contributed by atoms with Gasteiger partial charge in [0.05, 0.1) is 42.1 Å². The van der Waals surface area contributed by atoms with Crippen LogP contribution in [0.25, 0.3) is 10.8 Å². The molecule has 1 N–H and O–H groups in total. The number of ether oxygens (including phenoxy) is 1. The maximum Gasteiger partial charge on any atom is 0.264 e. The van der Waals surface area contributed by atoms with Crippen molar-refractivity contribution in [3.8, 4) is 0 Å². The minimum atomic E-state index is -3.60. The molecule has 0 radical (unpaired) electrons. The van der Waals surface area contributed by atoms with Crippen LogP contribution in [0.15, 0.2) is 102 Å². The van der Waals surface area contributed by atoms with Crippen molar-refractivity contribution in [1.29, 1.82) is 0 Å². The van der Waals surface area contributed by atoms with Crippen molar-refractivity contribution in [2.75, 3.05) is 23.0 Å². The molecular weight excluding hydrogens is 734 g/mol. The summed E-state index contributed by atoms with van der Waals surface area (Å²) in [7, 11) is -3.60. The third kappa shape index (κ3) is 6.55. The molecule has 8 rings (SSSR count). The van der Waals surface area contributed by atoms with Crippen LogP contribution < -0.4 is 9.80 Å². The van der Waals surface area contributed by atoms with Gasteiger partial charge in [-0.25, -0.2) is 0 Å². The highest BCUT2D eigenvalue weighted by Gasteiger charge is 2.67. The molecule has 0 aromatic heterocycles. The number of hydrogen-bond donors (Lipinski definition) is 1. The predicted molar refractivity (Wildman–Crippen MR) is 226 cm³/mol. The highest BCUT2D eigenvalue weighted by molar-refractivity contribution is 6.72. The number of anilines is 3. The molecule has 8 nitrogen and oxygen atoms in total. The van der Waals surface area contributed by atoms with Gasteiger partial charge in [0.25, 0.3) is 11.8 Å². The number of amides is 3. The lowest BCUT2D eigenvalue weighted by molar-refractivity contribution is -0.150. The monoisotopic (exact) mass is 785 g/mol. The summed E-state index contributed by atoms with van der Waals surface area (Å²) >= 11 is 0. The van der Waals surface area contributed by atoms with Crippen molar-refractivity contribution in [3.63, 3.8) is 0 Å². The molecule has 4 aliphatic heterocycles. The van der Waals surface area contributed by atoms with Crippen molar-refractivity contribution in [3.05, 3.63) is 124 Å². The Morgan fingerprint density at radius 3 is 2.42 bits per heavy atom. The van der Waals surface area contributed by atoms with Crippen LogP contribution in [-0.4, -0.2) is 61.4 Å². The van der Waals surface area contributed by atoms with Gasteiger partial charge in [-0.3, -0.25) is 19.3 Å². The molecule has 4 aliphatic rings. The lowest BCUT2D eigenvalue weighted by Crippen LogP contribution is -2.48. The number of hydrogen-bond acceptors (Lipinski definition) is 5. The van der Waals surface area contributed by atoms with Gasteiger partial charge >= 0.3 is 0 Å². The zero-order valence-corrected chi connectivity index (χ0v) is 34.7. The number of benzene rings is 4. The molecule has 0 aliphatic carbocycles. The van der Waals surface area contributed by atoms with E-state index in [0.717, 1.165) is 46.0 Å². The normalized spacial score (nSPS) is 24.1. The molecule has 5 atom stereocenters. The van der Waals surface area contributed by atoms with Crippen LogP contribution >= 0.6 is 0 Å². The van der Waals surface area contributed by atoms with Gasteiger partial charge in [-0.05, 0) is 100.0 Å². The first-order valence-corrected chi connectivity index (χ1v) is 23.2. The second-order valence-electron chi connectivity index (χ2n) is 17.1. The predicted octanol–water partition coefficient (Wildman–Crippen LogP) is 9.28. The van der Waals surface area contributed by atoms with Gasteiger partial charge < -0.3 is 23.8 Å². The lowest BCUT2D eigenvalue weighted by Gasteiger charge is -2.37. The second-order valence-corrected chi connectivity index (χ2v) is 20.9. The van der Waals surface area contributed by atoms with E-state index in [-0.39, 0.29) is 30.7 Å². The summed E-state index contributed by atoms with van der Waals surface area (Å²) in [6.07, 6.45) is 5.54. The molecule has 10 heteroatoms. The number of halogens is 1. The summed E-state index contributed by atoms with van der Waals surface area (Å²) in [5.41, 5.74) is 5.44. The van der Waals surface area contributed by atoms with Crippen LogP contribution in [0.5, 0.6) is 0 Å². The zero-order chi connectivity index (χ0) is 40.4. The van der Waals surface area contributed by atoms with Gasteiger partial charge in [0, 0.05) is 41.2 Å². The average molecular weight is 786 g/mol. The fraction of sp³-hybridized carbons (Fsp3) is 0.383. The van der Waals surface area contributed by atoms with Crippen LogP contribution in [-0.2, 0) is 32.9 Å². The van der Waals surface area contributed by atoms with Crippen LogP contribution in [0.2, 0.25) is 18.6 Å². The number of carbonyl (C=O) groups is 3. The summed E-state index contributed by atoms with van der Waals surface area (Å²) in [4.78, 5) is 48.8. The Balaban J connectivity index is 1.20. The maximum atomic E-state index is 16.9. The largest absolute Gasteiger partial charge is 0.394 e. The maximum absolute atomic E-state index is 16.9. The van der Waals surface area contributed by atoms with Crippen LogP contribution in [0.1, 0.15) is 74.0 Å². The van der Waals surface area contributed by atoms with Crippen LogP contribution in [0, 0.1) is 5.92 Å². The van der Waals surface area contributed by atoms with E-state index in [4.69, 9.17) is 4.74 Å². The molecule has 4 heterocycles. The van der Waals surface area contributed by atoms with Crippen LogP contribution in [0.4, 0.5) is 21.2 Å². The standard InChI is InChI=1S/C47H52FN3O5Si/c1-29(2)12-9-13-30(3)22-23-49-39-21-20-35(51-40-19-11-17-32-16-10-18-37(43(32)40)45(51)54)25-38(39)47(46(49)55)31(4)44(57(5,6)48)41(56-47)26-42(53)50-27-34-15-8-7-14-33(34)24-36(50)28-52/h7-8,10-12,14-22,25,31,36,41,44,52H,9,13,23-24,26-28H2,1-6H3/b30-22+/t31-,36+,41+,44-,47+/m1/s1. The number of nitrogens with zero attached hydrogens (tertiary/aromatic N) is 3. The topological polar surface area (TPSA) is 90.4 Å². The van der Waals surface area contributed by atoms with Crippen LogP contribution in [0.3, 0.4) is 0 Å². The number of rotatable bonds is 10. The highest BCUT2D eigenvalue weighted by atomic mass is 28.4. The number of fused-ring (bicyclic) bond motifs is 3. The quantitative estimate of drug-likeness (QED) is 0.0984. The van der Waals surface area contributed by atoms with Crippen molar-refractivity contribution in [2.45, 2.75) is 96.3 Å². The van der Waals surface area contributed by atoms with Crippen molar-refractivity contribution in [2.24, 2.45) is 5.92 Å². The van der Waals surface area contributed by atoms with E-state index in [2.05, 4.69) is 32.9 Å². The van der Waals surface area contributed by atoms with E-state index in [1.807, 2.05) is 85.8 Å². The first-order valence-electron chi connectivity index (χ1n) is 20.2. The Labute approximate surface area is 335 Å². The van der Waals surface area contributed by atoms with E-state index in [1.54, 1.807) is 27.8 Å². The summed E-state index contributed by atoms with van der Waals surface area (Å²) < 4.78 is 23.9. The Kier molecular flexibility index (Phi) is 10.1. The Hall–Kier alpha value is -4.90. The molecule has 4 aromatic rings. The molecule has 1 fully saturated rings. The fourth-order valence-corrected chi connectivity index (χ4v) is 12.5. The third-order valence-corrected chi connectivity index (χ3v) is 15.2. The number of aliphatic hydroxyl groups excluding tert-OH is 1. The molecule has 0 bridgehead atoms. The fourth-order valence-electron chi connectivity index (χ4n) is 10.00. The minimum absolute atomic E-state index is 0.122. The van der Waals surface area contributed by atoms with E-state index < -0.39 is 37.6 Å². The summed E-state index contributed by atoms with van der Waals surface area (Å²) in [6.45, 7) is 11.8.